The number of benzene rings is 3. The van der Waals surface area contributed by atoms with Gasteiger partial charge in [0.1, 0.15) is 5.75 Å². The monoisotopic (exact) mass is 426 g/mol. The van der Waals surface area contributed by atoms with Gasteiger partial charge in [-0.15, -0.1) is 0 Å². The predicted molar refractivity (Wildman–Crippen MR) is 116 cm³/mol. The van der Waals surface area contributed by atoms with Crippen LogP contribution in [0.15, 0.2) is 78.4 Å². The first-order valence-electron chi connectivity index (χ1n) is 9.72. The normalized spacial score (nSPS) is 14.6. The first-order chi connectivity index (χ1) is 15.4. The number of rotatable bonds is 4. The van der Waals surface area contributed by atoms with Gasteiger partial charge in [-0.25, -0.2) is 9.69 Å². The Balaban J connectivity index is 1.50. The van der Waals surface area contributed by atoms with Crippen molar-refractivity contribution >= 4 is 39.9 Å². The molecule has 0 unspecified atom stereocenters. The molecule has 0 saturated carbocycles. The summed E-state index contributed by atoms with van der Waals surface area (Å²) >= 11 is 0. The van der Waals surface area contributed by atoms with Gasteiger partial charge in [0.2, 0.25) is 0 Å². The van der Waals surface area contributed by atoms with Crippen LogP contribution < -0.4 is 9.64 Å². The van der Waals surface area contributed by atoms with Crippen LogP contribution in [-0.2, 0) is 4.79 Å². The Morgan fingerprint density at radius 3 is 2.44 bits per heavy atom. The van der Waals surface area contributed by atoms with E-state index in [9.17, 15) is 24.5 Å². The van der Waals surface area contributed by atoms with Crippen LogP contribution in [0.5, 0.6) is 5.75 Å². The number of non-ortho nitro benzene ring substituents is 1. The van der Waals surface area contributed by atoms with Crippen molar-refractivity contribution in [3.63, 3.8) is 0 Å². The molecule has 1 aliphatic carbocycles. The smallest absolute Gasteiger partial charge is 0.339 e. The molecule has 156 valence electrons. The number of allylic oxidation sites excluding steroid dienone is 3. The maximum Gasteiger partial charge on any atom is 0.339 e. The molecule has 0 spiro atoms. The summed E-state index contributed by atoms with van der Waals surface area (Å²) in [5, 5.41) is 12.2. The fraction of sp³-hybridized carbons (Fsp3) is 0.0417. The van der Waals surface area contributed by atoms with Crippen molar-refractivity contribution in [1.29, 1.82) is 0 Å². The Bertz CT molecular complexity index is 1400. The Labute approximate surface area is 181 Å². The van der Waals surface area contributed by atoms with Crippen LogP contribution in [0.25, 0.3) is 10.8 Å². The number of esters is 1. The molecule has 8 heteroatoms. The van der Waals surface area contributed by atoms with E-state index in [-0.39, 0.29) is 28.3 Å². The summed E-state index contributed by atoms with van der Waals surface area (Å²) < 4.78 is 5.33. The van der Waals surface area contributed by atoms with Gasteiger partial charge in [-0.05, 0) is 42.1 Å². The average molecular weight is 426 g/mol. The number of anilines is 1. The molecule has 0 atom stereocenters. The zero-order valence-corrected chi connectivity index (χ0v) is 16.5. The minimum absolute atomic E-state index is 0.0839. The molecule has 3 aromatic rings. The van der Waals surface area contributed by atoms with E-state index in [1.165, 1.54) is 36.4 Å². The van der Waals surface area contributed by atoms with Crippen LogP contribution in [0, 0.1) is 10.1 Å². The Morgan fingerprint density at radius 1 is 1.00 bits per heavy atom. The van der Waals surface area contributed by atoms with E-state index in [4.69, 9.17) is 4.74 Å². The molecule has 1 aliphatic heterocycles. The van der Waals surface area contributed by atoms with Crippen LogP contribution in [0.4, 0.5) is 11.4 Å². The summed E-state index contributed by atoms with van der Waals surface area (Å²) in [5.41, 5.74) is 0.923. The summed E-state index contributed by atoms with van der Waals surface area (Å²) in [6.45, 7) is 0. The van der Waals surface area contributed by atoms with E-state index < -0.39 is 22.7 Å². The zero-order chi connectivity index (χ0) is 22.4. The lowest BCUT2D eigenvalue weighted by molar-refractivity contribution is -0.384. The molecule has 5 rings (SSSR count). The van der Waals surface area contributed by atoms with E-state index in [0.29, 0.717) is 22.8 Å². The van der Waals surface area contributed by atoms with Gasteiger partial charge < -0.3 is 4.74 Å². The standard InChI is InChI=1S/C24H14N2O6/c27-22-19-7-3-6-15-12-17(26(30)31)13-20(21(15)19)23(28)25(22)16-8-10-18(11-9-16)32-24(29)14-4-1-2-5-14/h1-4,6-13H,5H2. The molecule has 0 radical (unpaired) electrons. The van der Waals surface area contributed by atoms with Crippen molar-refractivity contribution in [1.82, 2.24) is 0 Å². The number of hydrogen-bond donors (Lipinski definition) is 0. The van der Waals surface area contributed by atoms with Gasteiger partial charge in [0.25, 0.3) is 17.5 Å². The van der Waals surface area contributed by atoms with Gasteiger partial charge in [-0.2, -0.15) is 0 Å². The number of ether oxygens (including phenoxy) is 1. The van der Waals surface area contributed by atoms with Gasteiger partial charge in [0.15, 0.2) is 0 Å². The number of nitro benzene ring substituents is 1. The SMILES string of the molecule is O=C(Oc1ccc(N2C(=O)c3cccc4cc([N+](=O)[O-])cc(c34)C2=O)cc1)C1=CC=CC1. The highest BCUT2D eigenvalue weighted by Crippen LogP contribution is 2.35. The number of carbonyl (C=O) groups excluding carboxylic acids is 3. The third kappa shape index (κ3) is 3.05. The number of hydrogen-bond acceptors (Lipinski definition) is 6. The fourth-order valence-electron chi connectivity index (χ4n) is 3.87. The molecule has 2 aliphatic rings. The molecular formula is C24H14N2O6. The quantitative estimate of drug-likeness (QED) is 0.202. The van der Waals surface area contributed by atoms with E-state index in [1.807, 2.05) is 6.08 Å². The molecule has 0 bridgehead atoms. The highest BCUT2D eigenvalue weighted by Gasteiger charge is 2.35. The van der Waals surface area contributed by atoms with Crippen molar-refractivity contribution in [2.45, 2.75) is 6.42 Å². The summed E-state index contributed by atoms with van der Waals surface area (Å²) in [6, 6.07) is 13.3. The molecule has 0 N–H and O–H groups in total. The van der Waals surface area contributed by atoms with Gasteiger partial charge in [0.05, 0.1) is 16.2 Å². The second-order valence-corrected chi connectivity index (χ2v) is 7.31. The highest BCUT2D eigenvalue weighted by molar-refractivity contribution is 6.36. The van der Waals surface area contributed by atoms with Gasteiger partial charge >= 0.3 is 5.97 Å². The molecule has 1 heterocycles. The number of amides is 2. The third-order valence-corrected chi connectivity index (χ3v) is 5.38. The lowest BCUT2D eigenvalue weighted by Crippen LogP contribution is -2.40. The molecule has 0 aromatic heterocycles. The Hall–Kier alpha value is -4.59. The van der Waals surface area contributed by atoms with Crippen LogP contribution >= 0.6 is 0 Å². The molecular weight excluding hydrogens is 412 g/mol. The first-order valence-corrected chi connectivity index (χ1v) is 9.72. The molecule has 3 aromatic carbocycles. The maximum atomic E-state index is 13.2. The van der Waals surface area contributed by atoms with E-state index in [1.54, 1.807) is 30.4 Å². The van der Waals surface area contributed by atoms with Crippen LogP contribution in [0.2, 0.25) is 0 Å². The van der Waals surface area contributed by atoms with Gasteiger partial charge in [-0.3, -0.25) is 19.7 Å². The van der Waals surface area contributed by atoms with Crippen LogP contribution in [0.3, 0.4) is 0 Å². The summed E-state index contributed by atoms with van der Waals surface area (Å²) in [5.74, 6) is -1.40. The molecule has 2 amide bonds. The molecule has 0 saturated heterocycles. The highest BCUT2D eigenvalue weighted by atomic mass is 16.6. The van der Waals surface area contributed by atoms with Crippen molar-refractivity contribution in [2.24, 2.45) is 0 Å². The number of imide groups is 1. The van der Waals surface area contributed by atoms with Gasteiger partial charge in [0, 0.05) is 28.7 Å². The minimum Gasteiger partial charge on any atom is -0.423 e. The fourth-order valence-corrected chi connectivity index (χ4v) is 3.87. The Kier molecular flexibility index (Phi) is 4.41. The van der Waals surface area contributed by atoms with E-state index in [2.05, 4.69) is 0 Å². The predicted octanol–water partition coefficient (Wildman–Crippen LogP) is 4.34. The lowest BCUT2D eigenvalue weighted by Gasteiger charge is -2.27. The number of carbonyl (C=O) groups is 3. The minimum atomic E-state index is -0.658. The van der Waals surface area contributed by atoms with Crippen molar-refractivity contribution < 1.29 is 24.0 Å². The van der Waals surface area contributed by atoms with Crippen molar-refractivity contribution in [3.8, 4) is 5.75 Å². The topological polar surface area (TPSA) is 107 Å². The second kappa shape index (κ2) is 7.28. The average Bonchev–Trinajstić information content (AvgIpc) is 3.33. The van der Waals surface area contributed by atoms with Crippen LogP contribution in [0.1, 0.15) is 27.1 Å². The third-order valence-electron chi connectivity index (χ3n) is 5.38. The molecule has 0 fully saturated rings. The molecule has 8 nitrogen and oxygen atoms in total. The first kappa shape index (κ1) is 19.4. The van der Waals surface area contributed by atoms with Crippen LogP contribution in [-0.4, -0.2) is 22.7 Å². The Morgan fingerprint density at radius 2 is 1.75 bits per heavy atom. The van der Waals surface area contributed by atoms with E-state index >= 15 is 0 Å². The number of nitrogens with zero attached hydrogens (tertiary/aromatic N) is 2. The van der Waals surface area contributed by atoms with Gasteiger partial charge in [-0.1, -0.05) is 30.4 Å². The zero-order valence-electron chi connectivity index (χ0n) is 16.5. The molecule has 32 heavy (non-hydrogen) atoms. The summed E-state index contributed by atoms with van der Waals surface area (Å²) in [6.07, 6.45) is 5.80. The maximum absolute atomic E-state index is 13.2. The van der Waals surface area contributed by atoms with Crippen molar-refractivity contribution in [3.05, 3.63) is 99.6 Å². The number of nitro groups is 1. The second-order valence-electron chi connectivity index (χ2n) is 7.31. The van der Waals surface area contributed by atoms with Crippen molar-refractivity contribution in [2.75, 3.05) is 4.90 Å². The lowest BCUT2D eigenvalue weighted by atomic mass is 9.93. The largest absolute Gasteiger partial charge is 0.423 e. The summed E-state index contributed by atoms with van der Waals surface area (Å²) in [7, 11) is 0. The van der Waals surface area contributed by atoms with E-state index in [0.717, 1.165) is 4.90 Å². The summed E-state index contributed by atoms with van der Waals surface area (Å²) in [4.78, 5) is 50.2.